The van der Waals surface area contributed by atoms with Crippen molar-refractivity contribution in [3.63, 3.8) is 0 Å². The molecule has 2 aromatic rings. The fraction of sp³-hybridized carbons (Fsp3) is 0.520. The van der Waals surface area contributed by atoms with Gasteiger partial charge in [-0.1, -0.05) is 53.3 Å². The number of carbonyl (C=O) groups is 2. The molecule has 1 aromatic heterocycles. The van der Waals surface area contributed by atoms with Crippen LogP contribution in [0.3, 0.4) is 0 Å². The topological polar surface area (TPSA) is 79.5 Å². The Morgan fingerprint density at radius 1 is 1.24 bits per heavy atom. The molecule has 1 aliphatic heterocycles. The summed E-state index contributed by atoms with van der Waals surface area (Å²) < 4.78 is 6.56. The summed E-state index contributed by atoms with van der Waals surface area (Å²) in [5.74, 6) is 0.864. The van der Waals surface area contributed by atoms with E-state index < -0.39 is 0 Å². The molecule has 1 aliphatic rings. The van der Waals surface area contributed by atoms with Gasteiger partial charge >= 0.3 is 0 Å². The van der Waals surface area contributed by atoms with Crippen LogP contribution in [0.15, 0.2) is 45.9 Å². The van der Waals surface area contributed by atoms with Crippen molar-refractivity contribution in [3.05, 3.63) is 47.3 Å². The van der Waals surface area contributed by atoms with Crippen LogP contribution in [0, 0.1) is 0 Å². The Morgan fingerprint density at radius 3 is 2.76 bits per heavy atom. The molecular weight excluding hydrogens is 484 g/mol. The number of nitrogens with zero attached hydrogens (tertiary/aromatic N) is 4. The summed E-state index contributed by atoms with van der Waals surface area (Å²) in [6.07, 6.45) is 8.93. The van der Waals surface area contributed by atoms with Gasteiger partial charge in [-0.05, 0) is 49.9 Å². The van der Waals surface area contributed by atoms with E-state index in [1.165, 1.54) is 0 Å². The molecule has 3 rings (SSSR count). The molecule has 1 saturated heterocycles. The van der Waals surface area contributed by atoms with Crippen LogP contribution in [0.1, 0.15) is 70.2 Å². The number of carbonyl (C=O) groups excluding carboxylic acids is 2. The molecule has 0 spiro atoms. The minimum Gasteiger partial charge on any atom is -0.337 e. The first kappa shape index (κ1) is 25.1. The fourth-order valence-corrected chi connectivity index (χ4v) is 4.36. The molecule has 0 aliphatic carbocycles. The molecule has 178 valence electrons. The van der Waals surface area contributed by atoms with Crippen molar-refractivity contribution in [2.24, 2.45) is 0 Å². The Kier molecular flexibility index (Phi) is 9.66. The molecule has 0 radical (unpaired) electrons. The van der Waals surface area contributed by atoms with Crippen LogP contribution in [0.5, 0.6) is 0 Å². The van der Waals surface area contributed by atoms with E-state index in [4.69, 9.17) is 4.52 Å². The molecule has 0 N–H and O–H groups in total. The highest BCUT2D eigenvalue weighted by molar-refractivity contribution is 9.10. The van der Waals surface area contributed by atoms with Crippen molar-refractivity contribution in [2.45, 2.75) is 64.3 Å². The van der Waals surface area contributed by atoms with Crippen LogP contribution in [-0.2, 0) is 9.59 Å². The first-order chi connectivity index (χ1) is 16.0. The SMILES string of the molecule is C=CCN(CC(=O)N1CCCC[C@H]1c1nc(-c2ccc(Br)cc2)no1)C(=O)CCCCCC. The fourth-order valence-electron chi connectivity index (χ4n) is 4.10. The zero-order valence-electron chi connectivity index (χ0n) is 19.3. The molecule has 2 amide bonds. The van der Waals surface area contributed by atoms with Gasteiger partial charge in [0, 0.05) is 29.5 Å². The van der Waals surface area contributed by atoms with Crippen LogP contribution < -0.4 is 0 Å². The molecule has 33 heavy (non-hydrogen) atoms. The molecule has 1 aromatic carbocycles. The molecular formula is C25H33BrN4O3. The molecule has 0 bridgehead atoms. The Bertz CT molecular complexity index is 928. The van der Waals surface area contributed by atoms with Crippen LogP contribution in [0.2, 0.25) is 0 Å². The average Bonchev–Trinajstić information content (AvgIpc) is 3.32. The van der Waals surface area contributed by atoms with Gasteiger partial charge in [0.2, 0.25) is 23.5 Å². The van der Waals surface area contributed by atoms with Gasteiger partial charge in [-0.15, -0.1) is 6.58 Å². The molecule has 8 heteroatoms. The lowest BCUT2D eigenvalue weighted by molar-refractivity contribution is -0.143. The zero-order valence-corrected chi connectivity index (χ0v) is 20.9. The van der Waals surface area contributed by atoms with E-state index in [0.717, 1.165) is 55.0 Å². The highest BCUT2D eigenvalue weighted by Gasteiger charge is 2.33. The van der Waals surface area contributed by atoms with E-state index in [9.17, 15) is 9.59 Å². The van der Waals surface area contributed by atoms with Crippen LogP contribution in [0.25, 0.3) is 11.4 Å². The Labute approximate surface area is 204 Å². The largest absolute Gasteiger partial charge is 0.337 e. The van der Waals surface area contributed by atoms with Crippen molar-refractivity contribution >= 4 is 27.7 Å². The Balaban J connectivity index is 1.68. The van der Waals surface area contributed by atoms with Crippen molar-refractivity contribution in [1.29, 1.82) is 0 Å². The Hall–Kier alpha value is -2.48. The third-order valence-electron chi connectivity index (χ3n) is 5.92. The van der Waals surface area contributed by atoms with Gasteiger partial charge < -0.3 is 14.3 Å². The number of unbranched alkanes of at least 4 members (excludes halogenated alkanes) is 3. The number of amides is 2. The average molecular weight is 517 g/mol. The van der Waals surface area contributed by atoms with Gasteiger partial charge in [-0.2, -0.15) is 4.98 Å². The number of benzene rings is 1. The maximum absolute atomic E-state index is 13.3. The van der Waals surface area contributed by atoms with Crippen molar-refractivity contribution in [3.8, 4) is 11.4 Å². The molecule has 1 atom stereocenters. The second kappa shape index (κ2) is 12.7. The summed E-state index contributed by atoms with van der Waals surface area (Å²) >= 11 is 3.43. The van der Waals surface area contributed by atoms with Crippen LogP contribution in [-0.4, -0.2) is 51.4 Å². The van der Waals surface area contributed by atoms with Gasteiger partial charge in [0.1, 0.15) is 12.6 Å². The summed E-state index contributed by atoms with van der Waals surface area (Å²) in [4.78, 5) is 34.0. The second-order valence-corrected chi connectivity index (χ2v) is 9.35. The summed E-state index contributed by atoms with van der Waals surface area (Å²) in [6.45, 7) is 6.93. The van der Waals surface area contributed by atoms with Gasteiger partial charge in [0.05, 0.1) is 0 Å². The van der Waals surface area contributed by atoms with Crippen molar-refractivity contribution in [2.75, 3.05) is 19.6 Å². The summed E-state index contributed by atoms with van der Waals surface area (Å²) in [5, 5.41) is 4.14. The highest BCUT2D eigenvalue weighted by atomic mass is 79.9. The number of hydrogen-bond donors (Lipinski definition) is 0. The lowest BCUT2D eigenvalue weighted by Crippen LogP contribution is -2.46. The number of halogens is 1. The maximum atomic E-state index is 13.3. The molecule has 7 nitrogen and oxygen atoms in total. The van der Waals surface area contributed by atoms with E-state index >= 15 is 0 Å². The molecule has 2 heterocycles. The van der Waals surface area contributed by atoms with E-state index in [-0.39, 0.29) is 24.4 Å². The van der Waals surface area contributed by atoms with Gasteiger partial charge in [-0.25, -0.2) is 0 Å². The van der Waals surface area contributed by atoms with Crippen molar-refractivity contribution in [1.82, 2.24) is 19.9 Å². The predicted molar refractivity (Wildman–Crippen MR) is 131 cm³/mol. The summed E-state index contributed by atoms with van der Waals surface area (Å²) in [5.41, 5.74) is 0.854. The third kappa shape index (κ3) is 7.00. The minimum absolute atomic E-state index is 0.00299. The maximum Gasteiger partial charge on any atom is 0.249 e. The lowest BCUT2D eigenvalue weighted by atomic mass is 10.0. The number of piperidine rings is 1. The number of rotatable bonds is 11. The smallest absolute Gasteiger partial charge is 0.249 e. The third-order valence-corrected chi connectivity index (χ3v) is 6.45. The van der Waals surface area contributed by atoms with Gasteiger partial charge in [0.15, 0.2) is 0 Å². The quantitative estimate of drug-likeness (QED) is 0.289. The zero-order chi connectivity index (χ0) is 23.6. The minimum atomic E-state index is -0.270. The Morgan fingerprint density at radius 2 is 2.03 bits per heavy atom. The molecule has 0 saturated carbocycles. The number of hydrogen-bond acceptors (Lipinski definition) is 5. The number of aromatic nitrogens is 2. The van der Waals surface area contributed by atoms with E-state index in [1.807, 2.05) is 24.3 Å². The second-order valence-electron chi connectivity index (χ2n) is 8.44. The summed E-state index contributed by atoms with van der Waals surface area (Å²) in [7, 11) is 0. The predicted octanol–water partition coefficient (Wildman–Crippen LogP) is 5.54. The first-order valence-electron chi connectivity index (χ1n) is 11.8. The van der Waals surface area contributed by atoms with Crippen LogP contribution >= 0.6 is 15.9 Å². The lowest BCUT2D eigenvalue weighted by Gasteiger charge is -2.35. The van der Waals surface area contributed by atoms with Crippen molar-refractivity contribution < 1.29 is 14.1 Å². The summed E-state index contributed by atoms with van der Waals surface area (Å²) in [6, 6.07) is 7.42. The molecule has 1 fully saturated rings. The monoisotopic (exact) mass is 516 g/mol. The number of likely N-dealkylation sites (tertiary alicyclic amines) is 1. The van der Waals surface area contributed by atoms with Gasteiger partial charge in [0.25, 0.3) is 0 Å². The standard InChI is InChI=1S/C25H33BrN4O3/c1-3-5-6-7-11-22(31)29(16-4-2)18-23(32)30-17-9-8-10-21(30)25-27-24(28-33-25)19-12-14-20(26)15-13-19/h4,12-15,21H,2-3,5-11,16-18H2,1H3/t21-/m0/s1. The van der Waals surface area contributed by atoms with E-state index in [2.05, 4.69) is 39.6 Å². The van der Waals surface area contributed by atoms with Crippen LogP contribution in [0.4, 0.5) is 0 Å². The highest BCUT2D eigenvalue weighted by Crippen LogP contribution is 2.31. The normalized spacial score (nSPS) is 15.9. The first-order valence-corrected chi connectivity index (χ1v) is 12.6. The van der Waals surface area contributed by atoms with Gasteiger partial charge in [-0.3, -0.25) is 9.59 Å². The van der Waals surface area contributed by atoms with E-state index in [1.54, 1.807) is 15.9 Å². The van der Waals surface area contributed by atoms with E-state index in [0.29, 0.717) is 31.2 Å². The molecule has 0 unspecified atom stereocenters.